The van der Waals surface area contributed by atoms with Gasteiger partial charge in [-0.25, -0.2) is 5.43 Å². The number of phenolic OH excluding ortho intramolecular Hbond substituents is 1. The van der Waals surface area contributed by atoms with Crippen molar-refractivity contribution in [3.8, 4) is 17.2 Å². The third-order valence-corrected chi connectivity index (χ3v) is 3.67. The highest BCUT2D eigenvalue weighted by Crippen LogP contribution is 2.33. The Balaban J connectivity index is 2.03. The first-order chi connectivity index (χ1) is 12.8. The lowest BCUT2D eigenvalue weighted by Crippen LogP contribution is -2.25. The standard InChI is InChI=1S/C18H19N3O6/c1-11-5-4-6-12(2)18(11)27-10-16(22)20-19-9-13-7-14(21(24)25)8-15(26-3)17(13)23/h4-9,23H,10H2,1-3H3,(H,20,22)/b19-9-. The quantitative estimate of drug-likeness (QED) is 0.436. The van der Waals surface area contributed by atoms with E-state index in [0.717, 1.165) is 29.5 Å². The lowest BCUT2D eigenvalue weighted by atomic mass is 10.1. The number of rotatable bonds is 7. The maximum absolute atomic E-state index is 11.9. The van der Waals surface area contributed by atoms with Gasteiger partial charge in [-0.3, -0.25) is 14.9 Å². The van der Waals surface area contributed by atoms with Crippen LogP contribution in [0.25, 0.3) is 0 Å². The molecule has 0 saturated carbocycles. The van der Waals surface area contributed by atoms with E-state index >= 15 is 0 Å². The van der Waals surface area contributed by atoms with Crippen LogP contribution in [0.1, 0.15) is 16.7 Å². The molecular formula is C18H19N3O6. The number of ether oxygens (including phenoxy) is 2. The fraction of sp³-hybridized carbons (Fsp3) is 0.222. The molecule has 27 heavy (non-hydrogen) atoms. The number of methoxy groups -OCH3 is 1. The summed E-state index contributed by atoms with van der Waals surface area (Å²) in [5.41, 5.74) is 3.79. The van der Waals surface area contributed by atoms with Crippen molar-refractivity contribution in [2.75, 3.05) is 13.7 Å². The van der Waals surface area contributed by atoms with Gasteiger partial charge in [-0.05, 0) is 25.0 Å². The Bertz CT molecular complexity index is 875. The predicted molar refractivity (Wildman–Crippen MR) is 98.5 cm³/mol. The highest BCUT2D eigenvalue weighted by Gasteiger charge is 2.16. The summed E-state index contributed by atoms with van der Waals surface area (Å²) in [6, 6.07) is 7.83. The van der Waals surface area contributed by atoms with Gasteiger partial charge in [-0.2, -0.15) is 5.10 Å². The number of phenols is 1. The van der Waals surface area contributed by atoms with Gasteiger partial charge < -0.3 is 14.6 Å². The van der Waals surface area contributed by atoms with Crippen LogP contribution in [0.15, 0.2) is 35.4 Å². The first-order valence-corrected chi connectivity index (χ1v) is 7.89. The molecule has 0 fully saturated rings. The summed E-state index contributed by atoms with van der Waals surface area (Å²) in [7, 11) is 1.27. The molecule has 2 aromatic carbocycles. The average Bonchev–Trinajstić information content (AvgIpc) is 2.62. The number of nitro benzene ring substituents is 1. The second kappa shape index (κ2) is 8.65. The third-order valence-electron chi connectivity index (χ3n) is 3.67. The molecule has 0 aliphatic carbocycles. The zero-order chi connectivity index (χ0) is 20.0. The first-order valence-electron chi connectivity index (χ1n) is 7.89. The number of nitrogens with one attached hydrogen (secondary N) is 1. The van der Waals surface area contributed by atoms with Crippen molar-refractivity contribution in [1.29, 1.82) is 0 Å². The van der Waals surface area contributed by atoms with Crippen molar-refractivity contribution in [2.45, 2.75) is 13.8 Å². The Kier molecular flexibility index (Phi) is 6.32. The largest absolute Gasteiger partial charge is 0.504 e. The summed E-state index contributed by atoms with van der Waals surface area (Å²) in [4.78, 5) is 22.2. The number of amides is 1. The van der Waals surface area contributed by atoms with E-state index in [2.05, 4.69) is 10.5 Å². The molecule has 0 radical (unpaired) electrons. The molecule has 0 spiro atoms. The fourth-order valence-electron chi connectivity index (χ4n) is 2.34. The van der Waals surface area contributed by atoms with Gasteiger partial charge in [-0.15, -0.1) is 0 Å². The molecule has 0 bridgehead atoms. The number of aromatic hydroxyl groups is 1. The zero-order valence-electron chi connectivity index (χ0n) is 15.1. The van der Waals surface area contributed by atoms with Gasteiger partial charge in [0, 0.05) is 11.6 Å². The molecule has 2 N–H and O–H groups in total. The van der Waals surface area contributed by atoms with Crippen molar-refractivity contribution in [3.63, 3.8) is 0 Å². The summed E-state index contributed by atoms with van der Waals surface area (Å²) in [5.74, 6) is -0.299. The maximum Gasteiger partial charge on any atom is 0.277 e. The van der Waals surface area contributed by atoms with E-state index in [9.17, 15) is 20.0 Å². The van der Waals surface area contributed by atoms with Crippen molar-refractivity contribution < 1.29 is 24.3 Å². The van der Waals surface area contributed by atoms with Crippen LogP contribution in [0.5, 0.6) is 17.2 Å². The van der Waals surface area contributed by atoms with Gasteiger partial charge >= 0.3 is 0 Å². The van der Waals surface area contributed by atoms with Crippen LogP contribution < -0.4 is 14.9 Å². The number of nitro groups is 1. The van der Waals surface area contributed by atoms with E-state index < -0.39 is 10.8 Å². The van der Waals surface area contributed by atoms with Crippen LogP contribution in [-0.4, -0.2) is 35.9 Å². The number of hydrogen-bond donors (Lipinski definition) is 2. The molecular weight excluding hydrogens is 354 g/mol. The smallest absolute Gasteiger partial charge is 0.277 e. The summed E-state index contributed by atoms with van der Waals surface area (Å²) in [6.07, 6.45) is 1.09. The zero-order valence-corrected chi connectivity index (χ0v) is 15.1. The number of benzene rings is 2. The topological polar surface area (TPSA) is 123 Å². The summed E-state index contributed by atoms with van der Waals surface area (Å²) in [6.45, 7) is 3.49. The Morgan fingerprint density at radius 2 is 2.00 bits per heavy atom. The van der Waals surface area contributed by atoms with E-state index in [0.29, 0.717) is 5.75 Å². The molecule has 0 unspecified atom stereocenters. The maximum atomic E-state index is 11.9. The molecule has 0 aliphatic rings. The molecule has 0 saturated heterocycles. The lowest BCUT2D eigenvalue weighted by Gasteiger charge is -2.10. The summed E-state index contributed by atoms with van der Waals surface area (Å²) < 4.78 is 10.4. The minimum absolute atomic E-state index is 0.0250. The Labute approximate surface area is 155 Å². The van der Waals surface area contributed by atoms with Gasteiger partial charge in [0.25, 0.3) is 11.6 Å². The minimum atomic E-state index is -0.629. The van der Waals surface area contributed by atoms with Gasteiger partial charge in [0.05, 0.1) is 24.3 Å². The van der Waals surface area contributed by atoms with Crippen LogP contribution in [0.2, 0.25) is 0 Å². The molecule has 1 amide bonds. The van der Waals surface area contributed by atoms with Gasteiger partial charge in [0.15, 0.2) is 18.1 Å². The van der Waals surface area contributed by atoms with Crippen LogP contribution in [0, 0.1) is 24.0 Å². The van der Waals surface area contributed by atoms with E-state index in [4.69, 9.17) is 9.47 Å². The Morgan fingerprint density at radius 1 is 1.33 bits per heavy atom. The van der Waals surface area contributed by atoms with Crippen LogP contribution in [0.4, 0.5) is 5.69 Å². The molecule has 9 heteroatoms. The summed E-state index contributed by atoms with van der Waals surface area (Å²) >= 11 is 0. The number of carbonyl (C=O) groups is 1. The van der Waals surface area contributed by atoms with Crippen LogP contribution in [-0.2, 0) is 4.79 Å². The number of nitrogens with zero attached hydrogens (tertiary/aromatic N) is 2. The molecule has 0 heterocycles. The Morgan fingerprint density at radius 3 is 2.59 bits per heavy atom. The van der Waals surface area contributed by atoms with E-state index in [1.54, 1.807) is 0 Å². The molecule has 0 aliphatic heterocycles. The average molecular weight is 373 g/mol. The second-order valence-corrected chi connectivity index (χ2v) is 5.65. The first kappa shape index (κ1) is 19.7. The van der Waals surface area contributed by atoms with Gasteiger partial charge in [0.1, 0.15) is 5.75 Å². The SMILES string of the molecule is COc1cc([N+](=O)[O-])cc(/C=N\NC(=O)COc2c(C)cccc2C)c1O. The highest BCUT2D eigenvalue weighted by atomic mass is 16.6. The van der Waals surface area contributed by atoms with Crippen molar-refractivity contribution in [3.05, 3.63) is 57.1 Å². The van der Waals surface area contributed by atoms with Crippen LogP contribution in [0.3, 0.4) is 0 Å². The normalized spacial score (nSPS) is 10.6. The van der Waals surface area contributed by atoms with Crippen molar-refractivity contribution in [2.24, 2.45) is 5.10 Å². The lowest BCUT2D eigenvalue weighted by molar-refractivity contribution is -0.385. The molecule has 142 valence electrons. The molecule has 2 rings (SSSR count). The van der Waals surface area contributed by atoms with Gasteiger partial charge in [-0.1, -0.05) is 18.2 Å². The number of non-ortho nitro benzene ring substituents is 1. The molecule has 9 nitrogen and oxygen atoms in total. The monoisotopic (exact) mass is 373 g/mol. The number of carbonyl (C=O) groups excluding carboxylic acids is 1. The third kappa shape index (κ3) is 4.94. The molecule has 0 aromatic heterocycles. The predicted octanol–water partition coefficient (Wildman–Crippen LogP) is 2.45. The van der Waals surface area contributed by atoms with E-state index in [1.807, 2.05) is 32.0 Å². The van der Waals surface area contributed by atoms with Crippen LogP contribution >= 0.6 is 0 Å². The fourth-order valence-corrected chi connectivity index (χ4v) is 2.34. The van der Waals surface area contributed by atoms with Crippen molar-refractivity contribution in [1.82, 2.24) is 5.43 Å². The van der Waals surface area contributed by atoms with E-state index in [-0.39, 0.29) is 29.4 Å². The number of hydrogen-bond acceptors (Lipinski definition) is 7. The molecule has 0 atom stereocenters. The number of hydrazone groups is 1. The number of aryl methyl sites for hydroxylation is 2. The number of para-hydroxylation sites is 1. The highest BCUT2D eigenvalue weighted by molar-refractivity contribution is 5.87. The van der Waals surface area contributed by atoms with E-state index in [1.165, 1.54) is 7.11 Å². The van der Waals surface area contributed by atoms with Crippen molar-refractivity contribution >= 4 is 17.8 Å². The Hall–Kier alpha value is -3.62. The second-order valence-electron chi connectivity index (χ2n) is 5.65. The summed E-state index contributed by atoms with van der Waals surface area (Å²) in [5, 5.41) is 24.6. The minimum Gasteiger partial charge on any atom is -0.504 e. The molecule has 2 aromatic rings. The van der Waals surface area contributed by atoms with Gasteiger partial charge in [0.2, 0.25) is 0 Å².